The predicted octanol–water partition coefficient (Wildman–Crippen LogP) is 1.78. The van der Waals surface area contributed by atoms with Gasteiger partial charge in [0.2, 0.25) is 5.91 Å². The summed E-state index contributed by atoms with van der Waals surface area (Å²) in [5.74, 6) is -1.48. The summed E-state index contributed by atoms with van der Waals surface area (Å²) in [5.41, 5.74) is 10.9. The molecule has 1 aliphatic rings. The maximum atomic E-state index is 13.9. The molecule has 5 nitrogen and oxygen atoms in total. The Morgan fingerprint density at radius 2 is 1.90 bits per heavy atom. The highest BCUT2D eigenvalue weighted by molar-refractivity contribution is 9.10. The first-order chi connectivity index (χ1) is 9.88. The van der Waals surface area contributed by atoms with E-state index in [9.17, 15) is 14.0 Å². The fourth-order valence-electron chi connectivity index (χ4n) is 2.72. The lowest BCUT2D eigenvalue weighted by molar-refractivity contribution is -0.119. The smallest absolute Gasteiger partial charge is 0.253 e. The van der Waals surface area contributed by atoms with Gasteiger partial charge in [-0.05, 0) is 30.9 Å². The van der Waals surface area contributed by atoms with Crippen molar-refractivity contribution >= 4 is 33.4 Å². The van der Waals surface area contributed by atoms with Gasteiger partial charge in [0.15, 0.2) is 0 Å². The summed E-state index contributed by atoms with van der Waals surface area (Å²) in [6, 6.07) is 2.92. The number of amides is 2. The number of primary amides is 2. The summed E-state index contributed by atoms with van der Waals surface area (Å²) < 4.78 is 14.5. The zero-order chi connectivity index (χ0) is 15.6. The van der Waals surface area contributed by atoms with Crippen LogP contribution in [0.5, 0.6) is 0 Å². The number of hydrogen-bond acceptors (Lipinski definition) is 3. The second-order valence-electron chi connectivity index (χ2n) is 5.25. The third kappa shape index (κ3) is 3.72. The van der Waals surface area contributed by atoms with Crippen molar-refractivity contribution in [2.24, 2.45) is 17.4 Å². The molecule has 7 heteroatoms. The van der Waals surface area contributed by atoms with E-state index >= 15 is 0 Å². The lowest BCUT2D eigenvalue weighted by Crippen LogP contribution is -2.36. The van der Waals surface area contributed by atoms with Crippen LogP contribution in [-0.2, 0) is 4.79 Å². The van der Waals surface area contributed by atoms with Gasteiger partial charge in [0.1, 0.15) is 5.82 Å². The molecule has 0 atom stereocenters. The number of nitrogens with two attached hydrogens (primary N) is 2. The molecule has 0 aromatic heterocycles. The van der Waals surface area contributed by atoms with Crippen LogP contribution in [0.1, 0.15) is 29.6 Å². The largest absolute Gasteiger partial charge is 0.371 e. The number of carbonyl (C=O) groups excluding carboxylic acids is 2. The Balaban J connectivity index is 2.20. The quantitative estimate of drug-likeness (QED) is 0.860. The van der Waals surface area contributed by atoms with Gasteiger partial charge in [-0.3, -0.25) is 9.59 Å². The zero-order valence-corrected chi connectivity index (χ0v) is 13.0. The first kappa shape index (κ1) is 15.8. The fraction of sp³-hybridized carbons (Fsp3) is 0.429. The maximum absolute atomic E-state index is 13.9. The number of benzene rings is 1. The molecule has 0 radical (unpaired) electrons. The predicted molar refractivity (Wildman–Crippen MR) is 81.4 cm³/mol. The molecule has 21 heavy (non-hydrogen) atoms. The molecule has 1 fully saturated rings. The molecule has 1 saturated heterocycles. The number of anilines is 1. The average molecular weight is 358 g/mol. The number of halogens is 2. The van der Waals surface area contributed by atoms with Gasteiger partial charge < -0.3 is 16.4 Å². The van der Waals surface area contributed by atoms with E-state index in [0.29, 0.717) is 29.7 Å². The second-order valence-corrected chi connectivity index (χ2v) is 6.16. The van der Waals surface area contributed by atoms with Crippen molar-refractivity contribution in [2.75, 3.05) is 18.0 Å². The lowest BCUT2D eigenvalue weighted by Gasteiger charge is -2.34. The molecule has 0 aliphatic carbocycles. The minimum atomic E-state index is -0.783. The molecule has 1 aliphatic heterocycles. The Morgan fingerprint density at radius 1 is 1.29 bits per heavy atom. The molecule has 114 valence electrons. The van der Waals surface area contributed by atoms with E-state index in [2.05, 4.69) is 15.9 Å². The molecule has 2 rings (SSSR count). The standard InChI is InChI=1S/C14H17BrFN3O2/c15-9-6-10(16)13(14(18)21)11(7-9)19-3-1-8(2-4-19)5-12(17)20/h6-8H,1-5H2,(H2,17,20)(H2,18,21). The van der Waals surface area contributed by atoms with Crippen LogP contribution in [0, 0.1) is 11.7 Å². The lowest BCUT2D eigenvalue weighted by atomic mass is 9.92. The summed E-state index contributed by atoms with van der Waals surface area (Å²) in [6.45, 7) is 1.27. The highest BCUT2D eigenvalue weighted by Gasteiger charge is 2.25. The van der Waals surface area contributed by atoms with Crippen molar-refractivity contribution in [3.8, 4) is 0 Å². The number of piperidine rings is 1. The Morgan fingerprint density at radius 3 is 2.43 bits per heavy atom. The SMILES string of the molecule is NC(=O)CC1CCN(c2cc(Br)cc(F)c2C(N)=O)CC1. The van der Waals surface area contributed by atoms with Crippen LogP contribution in [-0.4, -0.2) is 24.9 Å². The summed E-state index contributed by atoms with van der Waals surface area (Å²) in [5, 5.41) is 0. The molecule has 0 unspecified atom stereocenters. The molecular formula is C14H17BrFN3O2. The summed E-state index contributed by atoms with van der Waals surface area (Å²) in [6.07, 6.45) is 1.91. The van der Waals surface area contributed by atoms with E-state index in [0.717, 1.165) is 12.8 Å². The van der Waals surface area contributed by atoms with Gasteiger partial charge in [-0.15, -0.1) is 0 Å². The molecule has 1 heterocycles. The van der Waals surface area contributed by atoms with E-state index in [1.165, 1.54) is 6.07 Å². The van der Waals surface area contributed by atoms with Crippen LogP contribution in [0.15, 0.2) is 16.6 Å². The van der Waals surface area contributed by atoms with Gasteiger partial charge in [-0.25, -0.2) is 4.39 Å². The Labute approximate surface area is 130 Å². The summed E-state index contributed by atoms with van der Waals surface area (Å²) in [7, 11) is 0. The van der Waals surface area contributed by atoms with Crippen molar-refractivity contribution in [1.82, 2.24) is 0 Å². The van der Waals surface area contributed by atoms with Gasteiger partial charge in [0, 0.05) is 24.0 Å². The van der Waals surface area contributed by atoms with Gasteiger partial charge in [0.05, 0.1) is 11.3 Å². The zero-order valence-electron chi connectivity index (χ0n) is 11.4. The van der Waals surface area contributed by atoms with E-state index < -0.39 is 11.7 Å². The molecule has 0 spiro atoms. The Bertz CT molecular complexity index is 572. The van der Waals surface area contributed by atoms with Crippen LogP contribution >= 0.6 is 15.9 Å². The van der Waals surface area contributed by atoms with Gasteiger partial charge in [0.25, 0.3) is 5.91 Å². The third-order valence-electron chi connectivity index (χ3n) is 3.73. The molecule has 4 N–H and O–H groups in total. The van der Waals surface area contributed by atoms with E-state index in [1.54, 1.807) is 6.07 Å². The van der Waals surface area contributed by atoms with Crippen molar-refractivity contribution in [1.29, 1.82) is 0 Å². The van der Waals surface area contributed by atoms with Crippen molar-refractivity contribution in [3.63, 3.8) is 0 Å². The summed E-state index contributed by atoms with van der Waals surface area (Å²) in [4.78, 5) is 24.4. The van der Waals surface area contributed by atoms with Gasteiger partial charge >= 0.3 is 0 Å². The number of rotatable bonds is 4. The van der Waals surface area contributed by atoms with Crippen LogP contribution < -0.4 is 16.4 Å². The van der Waals surface area contributed by atoms with Crippen molar-refractivity contribution < 1.29 is 14.0 Å². The van der Waals surface area contributed by atoms with Crippen LogP contribution in [0.4, 0.5) is 10.1 Å². The van der Waals surface area contributed by atoms with Gasteiger partial charge in [-0.2, -0.15) is 0 Å². The minimum absolute atomic E-state index is 0.0912. The molecule has 2 amide bonds. The van der Waals surface area contributed by atoms with E-state index in [1.807, 2.05) is 4.90 Å². The average Bonchev–Trinajstić information content (AvgIpc) is 2.37. The van der Waals surface area contributed by atoms with E-state index in [4.69, 9.17) is 11.5 Å². The summed E-state index contributed by atoms with van der Waals surface area (Å²) >= 11 is 3.23. The molecule has 1 aromatic carbocycles. The molecule has 0 saturated carbocycles. The molecular weight excluding hydrogens is 341 g/mol. The van der Waals surface area contributed by atoms with Crippen LogP contribution in [0.3, 0.4) is 0 Å². The Kier molecular flexibility index (Phi) is 4.82. The monoisotopic (exact) mass is 357 g/mol. The van der Waals surface area contributed by atoms with Crippen LogP contribution in [0.2, 0.25) is 0 Å². The van der Waals surface area contributed by atoms with E-state index in [-0.39, 0.29) is 17.4 Å². The van der Waals surface area contributed by atoms with Crippen LogP contribution in [0.25, 0.3) is 0 Å². The number of carbonyl (C=O) groups is 2. The van der Waals surface area contributed by atoms with Crippen molar-refractivity contribution in [3.05, 3.63) is 28.0 Å². The van der Waals surface area contributed by atoms with Gasteiger partial charge in [-0.1, -0.05) is 15.9 Å². The Hall–Kier alpha value is -1.63. The third-order valence-corrected chi connectivity index (χ3v) is 4.18. The highest BCUT2D eigenvalue weighted by atomic mass is 79.9. The highest BCUT2D eigenvalue weighted by Crippen LogP contribution is 2.31. The first-order valence-electron chi connectivity index (χ1n) is 6.70. The number of hydrogen-bond donors (Lipinski definition) is 2. The van der Waals surface area contributed by atoms with Crippen molar-refractivity contribution in [2.45, 2.75) is 19.3 Å². The minimum Gasteiger partial charge on any atom is -0.371 e. The fourth-order valence-corrected chi connectivity index (χ4v) is 3.13. The molecule has 1 aromatic rings. The molecule has 0 bridgehead atoms. The topological polar surface area (TPSA) is 89.4 Å². The maximum Gasteiger partial charge on any atom is 0.253 e. The second kappa shape index (κ2) is 6.43. The number of nitrogens with zero attached hydrogens (tertiary/aromatic N) is 1. The first-order valence-corrected chi connectivity index (χ1v) is 7.50. The normalized spacial score (nSPS) is 16.0.